The van der Waals surface area contributed by atoms with Crippen LogP contribution >= 0.6 is 0 Å². The maximum absolute atomic E-state index is 11.3. The Kier molecular flexibility index (Phi) is 4.22. The standard InChI is InChI=1S/C10H19NO2/c1-3-4-7-13-10(12)9(2)8-11-5-6-11/h9H,3-8H2,1-2H3. The van der Waals surface area contributed by atoms with E-state index in [-0.39, 0.29) is 11.9 Å². The van der Waals surface area contributed by atoms with Crippen LogP contribution in [-0.2, 0) is 9.53 Å². The Morgan fingerprint density at radius 3 is 2.77 bits per heavy atom. The highest BCUT2D eigenvalue weighted by molar-refractivity contribution is 5.72. The largest absolute Gasteiger partial charge is 0.465 e. The van der Waals surface area contributed by atoms with E-state index in [2.05, 4.69) is 11.8 Å². The summed E-state index contributed by atoms with van der Waals surface area (Å²) >= 11 is 0. The van der Waals surface area contributed by atoms with Gasteiger partial charge in [0.2, 0.25) is 0 Å². The molecule has 0 bridgehead atoms. The molecule has 1 aliphatic rings. The summed E-state index contributed by atoms with van der Waals surface area (Å²) in [4.78, 5) is 13.6. The van der Waals surface area contributed by atoms with E-state index in [0.717, 1.165) is 32.5 Å². The van der Waals surface area contributed by atoms with Crippen LogP contribution in [0.3, 0.4) is 0 Å². The third kappa shape index (κ3) is 4.27. The second kappa shape index (κ2) is 5.22. The normalized spacial score (nSPS) is 18.3. The zero-order chi connectivity index (χ0) is 9.68. The lowest BCUT2D eigenvalue weighted by molar-refractivity contribution is -0.148. The molecular weight excluding hydrogens is 166 g/mol. The number of carbonyl (C=O) groups excluding carboxylic acids is 1. The van der Waals surface area contributed by atoms with E-state index in [4.69, 9.17) is 4.74 Å². The number of carbonyl (C=O) groups is 1. The van der Waals surface area contributed by atoms with E-state index in [1.54, 1.807) is 0 Å². The lowest BCUT2D eigenvalue weighted by atomic mass is 10.2. The molecule has 0 aromatic heterocycles. The van der Waals surface area contributed by atoms with Crippen molar-refractivity contribution in [3.8, 4) is 0 Å². The van der Waals surface area contributed by atoms with Gasteiger partial charge in [-0.15, -0.1) is 0 Å². The first-order valence-electron chi connectivity index (χ1n) is 5.13. The van der Waals surface area contributed by atoms with Crippen LogP contribution in [0.15, 0.2) is 0 Å². The topological polar surface area (TPSA) is 29.3 Å². The molecule has 1 heterocycles. The molecule has 0 aromatic carbocycles. The average molecular weight is 185 g/mol. The summed E-state index contributed by atoms with van der Waals surface area (Å²) in [6.07, 6.45) is 2.05. The van der Waals surface area contributed by atoms with E-state index in [1.165, 1.54) is 0 Å². The van der Waals surface area contributed by atoms with Crippen LogP contribution in [0.1, 0.15) is 26.7 Å². The number of esters is 1. The van der Waals surface area contributed by atoms with E-state index < -0.39 is 0 Å². The van der Waals surface area contributed by atoms with Crippen LogP contribution in [0.5, 0.6) is 0 Å². The van der Waals surface area contributed by atoms with Crippen molar-refractivity contribution in [1.29, 1.82) is 0 Å². The lowest BCUT2D eigenvalue weighted by Gasteiger charge is -2.10. The highest BCUT2D eigenvalue weighted by Crippen LogP contribution is 2.09. The Morgan fingerprint density at radius 2 is 2.23 bits per heavy atom. The molecule has 0 radical (unpaired) electrons. The lowest BCUT2D eigenvalue weighted by Crippen LogP contribution is -2.22. The number of unbranched alkanes of at least 4 members (excludes halogenated alkanes) is 1. The number of hydrogen-bond acceptors (Lipinski definition) is 3. The fraction of sp³-hybridized carbons (Fsp3) is 0.900. The first-order chi connectivity index (χ1) is 6.24. The molecule has 1 rings (SSSR count). The van der Waals surface area contributed by atoms with Gasteiger partial charge in [0.1, 0.15) is 0 Å². The molecule has 1 aliphatic heterocycles. The minimum Gasteiger partial charge on any atom is -0.465 e. The van der Waals surface area contributed by atoms with Crippen LogP contribution in [0, 0.1) is 5.92 Å². The zero-order valence-electron chi connectivity index (χ0n) is 8.58. The van der Waals surface area contributed by atoms with Gasteiger partial charge in [-0.2, -0.15) is 0 Å². The fourth-order valence-electron chi connectivity index (χ4n) is 1.17. The SMILES string of the molecule is CCCCOC(=O)C(C)CN1CC1. The predicted molar refractivity (Wildman–Crippen MR) is 51.5 cm³/mol. The van der Waals surface area contributed by atoms with Gasteiger partial charge in [-0.3, -0.25) is 9.69 Å². The minimum absolute atomic E-state index is 0.0411. The number of hydrogen-bond donors (Lipinski definition) is 0. The maximum Gasteiger partial charge on any atom is 0.309 e. The van der Waals surface area contributed by atoms with Crippen molar-refractivity contribution in [2.24, 2.45) is 5.92 Å². The van der Waals surface area contributed by atoms with Crippen LogP contribution in [0.2, 0.25) is 0 Å². The Morgan fingerprint density at radius 1 is 1.54 bits per heavy atom. The molecule has 3 nitrogen and oxygen atoms in total. The van der Waals surface area contributed by atoms with Crippen molar-refractivity contribution in [1.82, 2.24) is 4.90 Å². The molecule has 0 amide bonds. The average Bonchev–Trinajstić information content (AvgIpc) is 2.88. The van der Waals surface area contributed by atoms with E-state index >= 15 is 0 Å². The van der Waals surface area contributed by atoms with Crippen molar-refractivity contribution >= 4 is 5.97 Å². The van der Waals surface area contributed by atoms with Crippen molar-refractivity contribution < 1.29 is 9.53 Å². The molecule has 0 saturated carbocycles. The molecule has 76 valence electrons. The quantitative estimate of drug-likeness (QED) is 0.354. The van der Waals surface area contributed by atoms with Gasteiger partial charge in [-0.1, -0.05) is 20.3 Å². The third-order valence-corrected chi connectivity index (χ3v) is 2.22. The Balaban J connectivity index is 2.05. The Labute approximate surface area is 80.1 Å². The molecule has 1 atom stereocenters. The van der Waals surface area contributed by atoms with Gasteiger partial charge in [0.25, 0.3) is 0 Å². The van der Waals surface area contributed by atoms with Gasteiger partial charge in [0.05, 0.1) is 12.5 Å². The third-order valence-electron chi connectivity index (χ3n) is 2.22. The summed E-state index contributed by atoms with van der Waals surface area (Å²) in [6.45, 7) is 7.77. The van der Waals surface area contributed by atoms with Gasteiger partial charge < -0.3 is 4.74 Å². The fourth-order valence-corrected chi connectivity index (χ4v) is 1.17. The summed E-state index contributed by atoms with van der Waals surface area (Å²) in [6, 6.07) is 0. The van der Waals surface area contributed by atoms with Crippen molar-refractivity contribution in [2.75, 3.05) is 26.2 Å². The Hall–Kier alpha value is -0.570. The molecule has 0 N–H and O–H groups in total. The van der Waals surface area contributed by atoms with Gasteiger partial charge in [-0.05, 0) is 6.42 Å². The zero-order valence-corrected chi connectivity index (χ0v) is 8.58. The van der Waals surface area contributed by atoms with E-state index in [0.29, 0.717) is 6.61 Å². The van der Waals surface area contributed by atoms with Crippen molar-refractivity contribution in [2.45, 2.75) is 26.7 Å². The highest BCUT2D eigenvalue weighted by Gasteiger charge is 2.24. The van der Waals surface area contributed by atoms with Crippen LogP contribution in [0.4, 0.5) is 0 Å². The summed E-state index contributed by atoms with van der Waals surface area (Å²) in [5, 5.41) is 0. The minimum atomic E-state index is -0.0413. The molecule has 13 heavy (non-hydrogen) atoms. The first kappa shape index (κ1) is 10.5. The van der Waals surface area contributed by atoms with Gasteiger partial charge in [0, 0.05) is 19.6 Å². The second-order valence-corrected chi connectivity index (χ2v) is 3.72. The van der Waals surface area contributed by atoms with Crippen LogP contribution in [0.25, 0.3) is 0 Å². The molecular formula is C10H19NO2. The second-order valence-electron chi connectivity index (χ2n) is 3.72. The summed E-state index contributed by atoms with van der Waals surface area (Å²) in [7, 11) is 0. The van der Waals surface area contributed by atoms with Crippen LogP contribution in [-0.4, -0.2) is 37.1 Å². The highest BCUT2D eigenvalue weighted by atomic mass is 16.5. The summed E-state index contributed by atoms with van der Waals surface area (Å²) in [5.41, 5.74) is 0. The predicted octanol–water partition coefficient (Wildman–Crippen LogP) is 1.28. The monoisotopic (exact) mass is 185 g/mol. The van der Waals surface area contributed by atoms with Crippen LogP contribution < -0.4 is 0 Å². The van der Waals surface area contributed by atoms with E-state index in [9.17, 15) is 4.79 Å². The van der Waals surface area contributed by atoms with Crippen molar-refractivity contribution in [3.05, 3.63) is 0 Å². The maximum atomic E-state index is 11.3. The molecule has 0 aliphatic carbocycles. The van der Waals surface area contributed by atoms with Gasteiger partial charge in [0.15, 0.2) is 0 Å². The molecule has 3 heteroatoms. The summed E-state index contributed by atoms with van der Waals surface area (Å²) in [5.74, 6) is -0.000272. The number of rotatable bonds is 6. The van der Waals surface area contributed by atoms with E-state index in [1.807, 2.05) is 6.92 Å². The Bertz CT molecular complexity index is 166. The molecule has 0 aromatic rings. The number of nitrogens with zero attached hydrogens (tertiary/aromatic N) is 1. The molecule has 1 unspecified atom stereocenters. The van der Waals surface area contributed by atoms with Gasteiger partial charge >= 0.3 is 5.97 Å². The first-order valence-corrected chi connectivity index (χ1v) is 5.13. The molecule has 1 fully saturated rings. The van der Waals surface area contributed by atoms with Crippen molar-refractivity contribution in [3.63, 3.8) is 0 Å². The van der Waals surface area contributed by atoms with Gasteiger partial charge in [-0.25, -0.2) is 0 Å². The molecule has 1 saturated heterocycles. The smallest absolute Gasteiger partial charge is 0.309 e. The number of ether oxygens (including phenoxy) is 1. The summed E-state index contributed by atoms with van der Waals surface area (Å²) < 4.78 is 5.11. The molecule has 0 spiro atoms.